The summed E-state index contributed by atoms with van der Waals surface area (Å²) >= 11 is 0. The van der Waals surface area contributed by atoms with Crippen molar-refractivity contribution < 1.29 is 4.74 Å². The van der Waals surface area contributed by atoms with Gasteiger partial charge in [0, 0.05) is 6.04 Å². The van der Waals surface area contributed by atoms with Gasteiger partial charge in [-0.1, -0.05) is 13.8 Å². The Labute approximate surface area is 116 Å². The maximum absolute atomic E-state index is 5.85. The molecular formula is C15H27N3O. The zero-order chi connectivity index (χ0) is 14.4. The Morgan fingerprint density at radius 3 is 2.42 bits per heavy atom. The zero-order valence-electron chi connectivity index (χ0n) is 12.7. The summed E-state index contributed by atoms with van der Waals surface area (Å²) in [5, 5.41) is 3.39. The minimum absolute atomic E-state index is 0.0726. The first-order valence-electron chi connectivity index (χ1n) is 7.08. The summed E-state index contributed by atoms with van der Waals surface area (Å²) in [4.78, 5) is 4.42. The maximum Gasteiger partial charge on any atom is 0.239 e. The third-order valence-electron chi connectivity index (χ3n) is 2.81. The van der Waals surface area contributed by atoms with Crippen molar-refractivity contribution >= 4 is 11.5 Å². The molecule has 0 aromatic carbocycles. The highest BCUT2D eigenvalue weighted by atomic mass is 16.5. The number of nitrogens with one attached hydrogen (secondary N) is 1. The van der Waals surface area contributed by atoms with E-state index in [4.69, 9.17) is 10.5 Å². The summed E-state index contributed by atoms with van der Waals surface area (Å²) < 4.78 is 5.59. The van der Waals surface area contributed by atoms with E-state index >= 15 is 0 Å². The van der Waals surface area contributed by atoms with Gasteiger partial charge in [-0.2, -0.15) is 4.98 Å². The molecule has 0 fully saturated rings. The number of pyridine rings is 1. The summed E-state index contributed by atoms with van der Waals surface area (Å²) in [5.41, 5.74) is 6.43. The molecule has 0 radical (unpaired) electrons. The van der Waals surface area contributed by atoms with Crippen LogP contribution in [0.3, 0.4) is 0 Å². The fraction of sp³-hybridized carbons (Fsp3) is 0.667. The zero-order valence-corrected chi connectivity index (χ0v) is 12.7. The summed E-state index contributed by atoms with van der Waals surface area (Å²) in [6.07, 6.45) is 2.41. The lowest BCUT2D eigenvalue weighted by molar-refractivity contribution is 0.234. The van der Waals surface area contributed by atoms with E-state index in [-0.39, 0.29) is 6.10 Å². The van der Waals surface area contributed by atoms with E-state index < -0.39 is 0 Å². The lowest BCUT2D eigenvalue weighted by Crippen LogP contribution is -2.17. The van der Waals surface area contributed by atoms with Gasteiger partial charge in [-0.3, -0.25) is 0 Å². The molecule has 0 aliphatic heterocycles. The fourth-order valence-corrected chi connectivity index (χ4v) is 1.76. The minimum atomic E-state index is 0.0726. The molecule has 0 aliphatic carbocycles. The molecule has 0 spiro atoms. The van der Waals surface area contributed by atoms with Crippen LogP contribution in [0.4, 0.5) is 11.5 Å². The highest BCUT2D eigenvalue weighted by Gasteiger charge is 2.09. The predicted octanol–water partition coefficient (Wildman–Crippen LogP) is 3.69. The Balaban J connectivity index is 2.63. The van der Waals surface area contributed by atoms with Crippen LogP contribution in [0.25, 0.3) is 0 Å². The number of hydrogen-bond acceptors (Lipinski definition) is 4. The number of nitrogens with zero attached hydrogens (tertiary/aromatic N) is 1. The van der Waals surface area contributed by atoms with E-state index in [2.05, 4.69) is 31.1 Å². The average Bonchev–Trinajstić information content (AvgIpc) is 2.30. The van der Waals surface area contributed by atoms with Gasteiger partial charge in [-0.15, -0.1) is 0 Å². The van der Waals surface area contributed by atoms with Crippen LogP contribution in [0.1, 0.15) is 47.5 Å². The van der Waals surface area contributed by atoms with Crippen molar-refractivity contribution in [3.8, 4) is 5.88 Å². The van der Waals surface area contributed by atoms with Crippen molar-refractivity contribution in [2.75, 3.05) is 11.1 Å². The molecule has 0 amide bonds. The third kappa shape index (κ3) is 5.81. The second-order valence-corrected chi connectivity index (χ2v) is 5.77. The van der Waals surface area contributed by atoms with Gasteiger partial charge in [-0.25, -0.2) is 0 Å². The third-order valence-corrected chi connectivity index (χ3v) is 2.81. The molecule has 4 nitrogen and oxygen atoms in total. The number of ether oxygens (including phenoxy) is 1. The summed E-state index contributed by atoms with van der Waals surface area (Å²) in [5.74, 6) is 2.06. The van der Waals surface area contributed by atoms with Crippen LogP contribution >= 0.6 is 0 Å². The van der Waals surface area contributed by atoms with Crippen LogP contribution in [-0.2, 0) is 0 Å². The molecular weight excluding hydrogens is 238 g/mol. The molecule has 1 unspecified atom stereocenters. The first kappa shape index (κ1) is 15.6. The van der Waals surface area contributed by atoms with Crippen LogP contribution in [0.5, 0.6) is 5.88 Å². The van der Waals surface area contributed by atoms with Gasteiger partial charge >= 0.3 is 0 Å². The molecule has 1 aromatic heterocycles. The van der Waals surface area contributed by atoms with Crippen molar-refractivity contribution in [2.24, 2.45) is 5.92 Å². The summed E-state index contributed by atoms with van der Waals surface area (Å²) in [7, 11) is 0. The topological polar surface area (TPSA) is 60.2 Å². The van der Waals surface area contributed by atoms with Gasteiger partial charge < -0.3 is 15.8 Å². The molecule has 3 N–H and O–H groups in total. The molecule has 4 heteroatoms. The monoisotopic (exact) mass is 265 g/mol. The number of nitrogens with two attached hydrogens (primary N) is 1. The Morgan fingerprint density at radius 2 is 1.84 bits per heavy atom. The Kier molecular flexibility index (Phi) is 5.93. The van der Waals surface area contributed by atoms with E-state index in [1.54, 1.807) is 0 Å². The van der Waals surface area contributed by atoms with E-state index in [1.807, 2.05) is 26.0 Å². The molecule has 1 rings (SSSR count). The lowest BCUT2D eigenvalue weighted by atomic mass is 10.0. The van der Waals surface area contributed by atoms with Crippen molar-refractivity contribution in [3.63, 3.8) is 0 Å². The van der Waals surface area contributed by atoms with E-state index in [0.717, 1.165) is 18.2 Å². The second kappa shape index (κ2) is 7.22. The molecule has 1 aromatic rings. The van der Waals surface area contributed by atoms with Crippen LogP contribution in [0.2, 0.25) is 0 Å². The second-order valence-electron chi connectivity index (χ2n) is 5.77. The Hall–Kier alpha value is -1.45. The first-order chi connectivity index (χ1) is 8.88. The molecule has 1 atom stereocenters. The van der Waals surface area contributed by atoms with Crippen molar-refractivity contribution in [1.29, 1.82) is 0 Å². The predicted molar refractivity (Wildman–Crippen MR) is 81.6 cm³/mol. The molecule has 0 saturated heterocycles. The molecule has 108 valence electrons. The van der Waals surface area contributed by atoms with Crippen molar-refractivity contribution in [1.82, 2.24) is 4.98 Å². The van der Waals surface area contributed by atoms with Crippen molar-refractivity contribution in [3.05, 3.63) is 12.1 Å². The maximum atomic E-state index is 5.85. The molecule has 1 heterocycles. The molecule has 19 heavy (non-hydrogen) atoms. The summed E-state index contributed by atoms with van der Waals surface area (Å²) in [6, 6.07) is 4.13. The highest BCUT2D eigenvalue weighted by molar-refractivity contribution is 5.53. The van der Waals surface area contributed by atoms with Crippen LogP contribution in [-0.4, -0.2) is 17.1 Å². The Morgan fingerprint density at radius 1 is 1.16 bits per heavy atom. The number of nitrogen functional groups attached to an aromatic ring is 1. The Bertz CT molecular complexity index is 391. The minimum Gasteiger partial charge on any atom is -0.473 e. The first-order valence-corrected chi connectivity index (χ1v) is 7.08. The van der Waals surface area contributed by atoms with Crippen LogP contribution in [0.15, 0.2) is 12.1 Å². The van der Waals surface area contributed by atoms with Crippen molar-refractivity contribution in [2.45, 2.75) is 59.6 Å². The van der Waals surface area contributed by atoms with Gasteiger partial charge in [0.1, 0.15) is 5.82 Å². The molecule has 0 saturated carbocycles. The molecule has 0 bridgehead atoms. The van der Waals surface area contributed by atoms with Gasteiger partial charge in [-0.05, 0) is 51.7 Å². The van der Waals surface area contributed by atoms with E-state index in [9.17, 15) is 0 Å². The quantitative estimate of drug-likeness (QED) is 0.789. The van der Waals surface area contributed by atoms with Gasteiger partial charge in [0.2, 0.25) is 5.88 Å². The SMILES string of the molecule is CC(C)CCC(C)Nc1ccc(N)c(OC(C)C)n1. The summed E-state index contributed by atoms with van der Waals surface area (Å²) in [6.45, 7) is 10.6. The van der Waals surface area contributed by atoms with E-state index in [0.29, 0.717) is 17.6 Å². The standard InChI is InChI=1S/C15H27N3O/c1-10(2)6-7-12(5)17-14-9-8-13(16)15(18-14)19-11(3)4/h8-12H,6-7,16H2,1-5H3,(H,17,18). The van der Waals surface area contributed by atoms with Gasteiger partial charge in [0.05, 0.1) is 11.8 Å². The molecule has 0 aliphatic rings. The fourth-order valence-electron chi connectivity index (χ4n) is 1.76. The normalized spacial score (nSPS) is 12.8. The largest absolute Gasteiger partial charge is 0.473 e. The number of aromatic nitrogens is 1. The highest BCUT2D eigenvalue weighted by Crippen LogP contribution is 2.22. The van der Waals surface area contributed by atoms with Crippen LogP contribution in [0, 0.1) is 5.92 Å². The number of hydrogen-bond donors (Lipinski definition) is 2. The van der Waals surface area contributed by atoms with Gasteiger partial charge in [0.15, 0.2) is 0 Å². The lowest BCUT2D eigenvalue weighted by Gasteiger charge is -2.17. The van der Waals surface area contributed by atoms with E-state index in [1.165, 1.54) is 6.42 Å². The number of anilines is 2. The average molecular weight is 265 g/mol. The van der Waals surface area contributed by atoms with Gasteiger partial charge in [0.25, 0.3) is 0 Å². The number of rotatable bonds is 7. The van der Waals surface area contributed by atoms with Crippen LogP contribution < -0.4 is 15.8 Å². The smallest absolute Gasteiger partial charge is 0.239 e.